The van der Waals surface area contributed by atoms with Crippen LogP contribution in [0.1, 0.15) is 23.7 Å². The fourth-order valence-corrected chi connectivity index (χ4v) is 5.82. The molecule has 0 saturated carbocycles. The molecular formula is C29H32BrN5O4. The minimum Gasteiger partial charge on any atom is -0.495 e. The van der Waals surface area contributed by atoms with Gasteiger partial charge in [0.05, 0.1) is 25.4 Å². The number of pyridine rings is 1. The number of amides is 2. The average Bonchev–Trinajstić information content (AvgIpc) is 3.26. The highest BCUT2D eigenvalue weighted by molar-refractivity contribution is 9.10. The van der Waals surface area contributed by atoms with Gasteiger partial charge < -0.3 is 24.0 Å². The number of rotatable bonds is 8. The van der Waals surface area contributed by atoms with Crippen molar-refractivity contribution in [3.05, 3.63) is 65.4 Å². The molecule has 2 aromatic heterocycles. The lowest BCUT2D eigenvalue weighted by atomic mass is 9.94. The maximum Gasteiger partial charge on any atom is 0.256 e. The van der Waals surface area contributed by atoms with E-state index in [1.54, 1.807) is 18.2 Å². The number of methoxy groups -OCH3 is 1. The Morgan fingerprint density at radius 3 is 2.62 bits per heavy atom. The predicted octanol–water partition coefficient (Wildman–Crippen LogP) is 3.76. The number of halogens is 1. The smallest absolute Gasteiger partial charge is 0.256 e. The fourth-order valence-electron chi connectivity index (χ4n) is 5.46. The first-order valence-electron chi connectivity index (χ1n) is 13.0. The topological polar surface area (TPSA) is 88.0 Å². The number of carbonyl (C=O) groups excluding carboxylic acids is 3. The summed E-state index contributed by atoms with van der Waals surface area (Å²) in [5, 5.41) is 0.819. The zero-order valence-corrected chi connectivity index (χ0v) is 23.8. The van der Waals surface area contributed by atoms with Crippen molar-refractivity contribution in [2.24, 2.45) is 5.92 Å². The molecule has 2 aliphatic heterocycles. The SMILES string of the molecule is C=CC(=O)N1CC(CC(=O)Cn2cc(C(=O)N3CCN(c4ccc(OC)cn4)CC3C)c3cc(Br)ccc32)C1. The Morgan fingerprint density at radius 2 is 1.95 bits per heavy atom. The van der Waals surface area contributed by atoms with E-state index in [1.165, 1.54) is 6.08 Å². The number of fused-ring (bicyclic) bond motifs is 1. The van der Waals surface area contributed by atoms with E-state index >= 15 is 0 Å². The standard InChI is InChI=1S/C29H32BrN5O4/c1-4-28(37)34-15-20(16-34)11-22(36)17-33-18-25(24-12-21(30)5-7-26(24)33)29(38)35-10-9-32(14-19(35)2)27-8-6-23(39-3)13-31-27/h4-8,12-13,18-20H,1,9-11,14-17H2,2-3H3. The lowest BCUT2D eigenvalue weighted by Crippen LogP contribution is -2.54. The van der Waals surface area contributed by atoms with Gasteiger partial charge in [0.25, 0.3) is 5.91 Å². The van der Waals surface area contributed by atoms with Gasteiger partial charge in [0.2, 0.25) is 5.91 Å². The Bertz CT molecular complexity index is 1410. The predicted molar refractivity (Wildman–Crippen MR) is 153 cm³/mol. The summed E-state index contributed by atoms with van der Waals surface area (Å²) >= 11 is 3.54. The van der Waals surface area contributed by atoms with Crippen LogP contribution >= 0.6 is 15.9 Å². The number of benzene rings is 1. The van der Waals surface area contributed by atoms with Crippen molar-refractivity contribution in [2.45, 2.75) is 25.9 Å². The van der Waals surface area contributed by atoms with Crippen LogP contribution in [0.4, 0.5) is 5.82 Å². The number of Topliss-reactive ketones (excluding diaryl/α,β-unsaturated/α-hetero) is 1. The first-order valence-corrected chi connectivity index (χ1v) is 13.8. The second kappa shape index (κ2) is 11.2. The van der Waals surface area contributed by atoms with E-state index in [-0.39, 0.29) is 36.1 Å². The van der Waals surface area contributed by atoms with Crippen molar-refractivity contribution in [2.75, 3.05) is 44.7 Å². The highest BCUT2D eigenvalue weighted by atomic mass is 79.9. The molecule has 1 aromatic carbocycles. The van der Waals surface area contributed by atoms with Gasteiger partial charge in [0.1, 0.15) is 11.6 Å². The van der Waals surface area contributed by atoms with Crippen molar-refractivity contribution in [3.63, 3.8) is 0 Å². The summed E-state index contributed by atoms with van der Waals surface area (Å²) in [6.07, 6.45) is 5.22. The van der Waals surface area contributed by atoms with Crippen molar-refractivity contribution in [1.29, 1.82) is 0 Å². The molecule has 4 heterocycles. The lowest BCUT2D eigenvalue weighted by Gasteiger charge is -2.40. The molecule has 10 heteroatoms. The van der Waals surface area contributed by atoms with Crippen LogP contribution in [0, 0.1) is 5.92 Å². The molecule has 2 amide bonds. The summed E-state index contributed by atoms with van der Waals surface area (Å²) < 4.78 is 7.96. The number of ketones is 1. The molecule has 0 N–H and O–H groups in total. The number of anilines is 1. The summed E-state index contributed by atoms with van der Waals surface area (Å²) in [6, 6.07) is 9.60. The Morgan fingerprint density at radius 1 is 1.15 bits per heavy atom. The second-order valence-electron chi connectivity index (χ2n) is 10.2. The quantitative estimate of drug-likeness (QED) is 0.370. The van der Waals surface area contributed by atoms with Crippen LogP contribution in [0.15, 0.2) is 59.9 Å². The number of hydrogen-bond donors (Lipinski definition) is 0. The van der Waals surface area contributed by atoms with E-state index in [2.05, 4.69) is 32.4 Å². The molecule has 2 saturated heterocycles. The second-order valence-corrected chi connectivity index (χ2v) is 11.2. The number of aromatic nitrogens is 2. The van der Waals surface area contributed by atoms with Gasteiger partial charge in [-0.1, -0.05) is 22.5 Å². The van der Waals surface area contributed by atoms with E-state index in [0.717, 1.165) is 21.2 Å². The minimum absolute atomic E-state index is 0.0258. The lowest BCUT2D eigenvalue weighted by molar-refractivity contribution is -0.134. The largest absolute Gasteiger partial charge is 0.495 e. The van der Waals surface area contributed by atoms with Crippen LogP contribution in [-0.4, -0.2) is 82.8 Å². The number of ether oxygens (including phenoxy) is 1. The molecule has 0 aliphatic carbocycles. The van der Waals surface area contributed by atoms with Crippen LogP contribution in [0.3, 0.4) is 0 Å². The molecule has 204 valence electrons. The number of piperazine rings is 1. The molecule has 0 spiro atoms. The highest BCUT2D eigenvalue weighted by Crippen LogP contribution is 2.29. The van der Waals surface area contributed by atoms with Crippen molar-refractivity contribution >= 4 is 50.2 Å². The van der Waals surface area contributed by atoms with Gasteiger partial charge in [-0.15, -0.1) is 0 Å². The summed E-state index contributed by atoms with van der Waals surface area (Å²) in [5.74, 6) is 1.67. The molecule has 2 fully saturated rings. The van der Waals surface area contributed by atoms with Crippen molar-refractivity contribution < 1.29 is 19.1 Å². The summed E-state index contributed by atoms with van der Waals surface area (Å²) in [5.41, 5.74) is 1.44. The van der Waals surface area contributed by atoms with Gasteiger partial charge in [0, 0.05) is 72.7 Å². The number of nitrogens with zero attached hydrogens (tertiary/aromatic N) is 5. The van der Waals surface area contributed by atoms with E-state index in [1.807, 2.05) is 52.9 Å². The molecule has 2 aliphatic rings. The molecule has 0 bridgehead atoms. The van der Waals surface area contributed by atoms with Crippen LogP contribution in [0.25, 0.3) is 10.9 Å². The fraction of sp³-hybridized carbons (Fsp3) is 0.379. The van der Waals surface area contributed by atoms with Gasteiger partial charge in [-0.2, -0.15) is 0 Å². The maximum atomic E-state index is 13.8. The number of hydrogen-bond acceptors (Lipinski definition) is 6. The van der Waals surface area contributed by atoms with Gasteiger partial charge in [-0.3, -0.25) is 14.4 Å². The number of carbonyl (C=O) groups is 3. The normalized spacial score (nSPS) is 17.7. The van der Waals surface area contributed by atoms with Crippen LogP contribution < -0.4 is 9.64 Å². The Kier molecular flexibility index (Phi) is 7.74. The molecule has 5 rings (SSSR count). The average molecular weight is 595 g/mol. The number of likely N-dealkylation sites (tertiary alicyclic amines) is 1. The third kappa shape index (κ3) is 5.56. The molecule has 1 unspecified atom stereocenters. The van der Waals surface area contributed by atoms with Gasteiger partial charge in [-0.05, 0) is 43.3 Å². The molecule has 9 nitrogen and oxygen atoms in total. The zero-order chi connectivity index (χ0) is 27.7. The van der Waals surface area contributed by atoms with Crippen molar-refractivity contribution in [3.8, 4) is 5.75 Å². The van der Waals surface area contributed by atoms with E-state index in [9.17, 15) is 14.4 Å². The highest BCUT2D eigenvalue weighted by Gasteiger charge is 2.32. The Hall–Kier alpha value is -3.66. The molecular weight excluding hydrogens is 562 g/mol. The molecule has 1 atom stereocenters. The third-order valence-corrected chi connectivity index (χ3v) is 8.04. The van der Waals surface area contributed by atoms with Crippen LogP contribution in [0.5, 0.6) is 5.75 Å². The molecule has 0 radical (unpaired) electrons. The monoisotopic (exact) mass is 593 g/mol. The van der Waals surface area contributed by atoms with E-state index in [4.69, 9.17) is 4.74 Å². The summed E-state index contributed by atoms with van der Waals surface area (Å²) in [6.45, 7) is 8.80. The Balaban J connectivity index is 1.29. The van der Waals surface area contributed by atoms with Crippen LogP contribution in [-0.2, 0) is 16.1 Å². The maximum absolute atomic E-state index is 13.8. The first kappa shape index (κ1) is 26.9. The van der Waals surface area contributed by atoms with Gasteiger partial charge >= 0.3 is 0 Å². The van der Waals surface area contributed by atoms with Gasteiger partial charge in [-0.25, -0.2) is 4.98 Å². The van der Waals surface area contributed by atoms with E-state index < -0.39 is 0 Å². The van der Waals surface area contributed by atoms with Crippen molar-refractivity contribution in [1.82, 2.24) is 19.4 Å². The zero-order valence-electron chi connectivity index (χ0n) is 22.2. The first-order chi connectivity index (χ1) is 18.8. The van der Waals surface area contributed by atoms with Gasteiger partial charge in [0.15, 0.2) is 5.78 Å². The summed E-state index contributed by atoms with van der Waals surface area (Å²) in [7, 11) is 1.62. The minimum atomic E-state index is -0.0980. The van der Waals surface area contributed by atoms with E-state index in [0.29, 0.717) is 50.5 Å². The summed E-state index contributed by atoms with van der Waals surface area (Å²) in [4.78, 5) is 48.8. The molecule has 39 heavy (non-hydrogen) atoms. The molecule has 3 aromatic rings. The van der Waals surface area contributed by atoms with Crippen LogP contribution in [0.2, 0.25) is 0 Å². The Labute approximate surface area is 236 Å². The third-order valence-electron chi connectivity index (χ3n) is 7.55.